The predicted molar refractivity (Wildman–Crippen MR) is 71.0 cm³/mol. The van der Waals surface area contributed by atoms with Crippen LogP contribution < -0.4 is 5.73 Å². The quantitative estimate of drug-likeness (QED) is 0.820. The molecule has 17 heavy (non-hydrogen) atoms. The highest BCUT2D eigenvalue weighted by molar-refractivity contribution is 5.08. The highest BCUT2D eigenvalue weighted by atomic mass is 16.5. The molecule has 2 fully saturated rings. The van der Waals surface area contributed by atoms with E-state index in [1.165, 1.54) is 19.3 Å². The third-order valence-electron chi connectivity index (χ3n) is 5.50. The monoisotopic (exact) mass is 240 g/mol. The Hall–Kier alpha value is -0.120. The summed E-state index contributed by atoms with van der Waals surface area (Å²) in [6, 6.07) is 0.538. The molecular weight excluding hydrogens is 212 g/mol. The summed E-state index contributed by atoms with van der Waals surface area (Å²) < 4.78 is 5.72. The van der Waals surface area contributed by atoms with Gasteiger partial charge in [-0.3, -0.25) is 4.90 Å². The van der Waals surface area contributed by atoms with Crippen LogP contribution in [0.25, 0.3) is 0 Å². The summed E-state index contributed by atoms with van der Waals surface area (Å²) >= 11 is 0. The lowest BCUT2D eigenvalue weighted by Gasteiger charge is -2.50. The van der Waals surface area contributed by atoms with Crippen molar-refractivity contribution >= 4 is 0 Å². The van der Waals surface area contributed by atoms with Gasteiger partial charge in [-0.05, 0) is 38.6 Å². The predicted octanol–water partition coefficient (Wildman–Crippen LogP) is 2.00. The molecule has 1 saturated carbocycles. The molecule has 3 nitrogen and oxygen atoms in total. The molecular formula is C14H28N2O. The molecule has 1 saturated heterocycles. The second-order valence-electron chi connectivity index (χ2n) is 6.52. The van der Waals surface area contributed by atoms with E-state index in [0.29, 0.717) is 17.6 Å². The normalized spacial score (nSPS) is 41.3. The molecule has 3 atom stereocenters. The fraction of sp³-hybridized carbons (Fsp3) is 1.00. The molecule has 2 N–H and O–H groups in total. The Kier molecular flexibility index (Phi) is 3.54. The first-order valence-electron chi connectivity index (χ1n) is 6.99. The zero-order valence-electron chi connectivity index (χ0n) is 11.8. The molecule has 2 rings (SSSR count). The fourth-order valence-corrected chi connectivity index (χ4v) is 4.12. The fourth-order valence-electron chi connectivity index (χ4n) is 4.12. The molecule has 1 aliphatic heterocycles. The van der Waals surface area contributed by atoms with Crippen molar-refractivity contribution in [2.24, 2.45) is 11.1 Å². The SMILES string of the molecule is CC1OCCC1N(C)C1(CN)CCCC1(C)C. The van der Waals surface area contributed by atoms with E-state index >= 15 is 0 Å². The van der Waals surface area contributed by atoms with Gasteiger partial charge in [0.1, 0.15) is 0 Å². The summed E-state index contributed by atoms with van der Waals surface area (Å²) in [6.45, 7) is 8.62. The van der Waals surface area contributed by atoms with Gasteiger partial charge >= 0.3 is 0 Å². The smallest absolute Gasteiger partial charge is 0.0703 e. The lowest BCUT2D eigenvalue weighted by atomic mass is 9.73. The Morgan fingerprint density at radius 3 is 2.47 bits per heavy atom. The first kappa shape index (κ1) is 13.3. The lowest BCUT2D eigenvalue weighted by Crippen LogP contribution is -2.62. The van der Waals surface area contributed by atoms with Gasteiger partial charge in [0.2, 0.25) is 0 Å². The Morgan fingerprint density at radius 1 is 1.35 bits per heavy atom. The highest BCUT2D eigenvalue weighted by Gasteiger charge is 2.53. The van der Waals surface area contributed by atoms with Gasteiger partial charge in [-0.1, -0.05) is 20.3 Å². The largest absolute Gasteiger partial charge is 0.377 e. The van der Waals surface area contributed by atoms with E-state index in [-0.39, 0.29) is 5.54 Å². The average Bonchev–Trinajstić information content (AvgIpc) is 2.81. The van der Waals surface area contributed by atoms with E-state index in [9.17, 15) is 0 Å². The summed E-state index contributed by atoms with van der Waals surface area (Å²) in [4.78, 5) is 2.55. The number of rotatable bonds is 3. The molecule has 0 spiro atoms. The zero-order chi connectivity index (χ0) is 12.7. The van der Waals surface area contributed by atoms with Crippen molar-refractivity contribution in [3.05, 3.63) is 0 Å². The molecule has 3 unspecified atom stereocenters. The van der Waals surface area contributed by atoms with Gasteiger partial charge < -0.3 is 10.5 Å². The number of hydrogen-bond acceptors (Lipinski definition) is 3. The van der Waals surface area contributed by atoms with Gasteiger partial charge in [-0.25, -0.2) is 0 Å². The van der Waals surface area contributed by atoms with Crippen molar-refractivity contribution in [2.75, 3.05) is 20.2 Å². The maximum Gasteiger partial charge on any atom is 0.0703 e. The van der Waals surface area contributed by atoms with Crippen LogP contribution in [0.1, 0.15) is 46.5 Å². The van der Waals surface area contributed by atoms with Gasteiger partial charge in [0.25, 0.3) is 0 Å². The molecule has 1 heterocycles. The maximum atomic E-state index is 6.18. The van der Waals surface area contributed by atoms with Crippen molar-refractivity contribution in [3.63, 3.8) is 0 Å². The Bertz CT molecular complexity index is 279. The minimum Gasteiger partial charge on any atom is -0.377 e. The molecule has 1 aliphatic carbocycles. The van der Waals surface area contributed by atoms with E-state index in [1.54, 1.807) is 0 Å². The standard InChI is InChI=1S/C14H28N2O/c1-11-12(6-9-17-11)16(4)14(10-15)8-5-7-13(14,2)3/h11-12H,5-10,15H2,1-4H3. The lowest BCUT2D eigenvalue weighted by molar-refractivity contribution is -0.0206. The average molecular weight is 240 g/mol. The molecule has 100 valence electrons. The van der Waals surface area contributed by atoms with Crippen molar-refractivity contribution in [1.82, 2.24) is 4.90 Å². The van der Waals surface area contributed by atoms with Gasteiger partial charge in [0, 0.05) is 24.7 Å². The summed E-state index contributed by atoms with van der Waals surface area (Å²) in [5, 5.41) is 0. The van der Waals surface area contributed by atoms with Crippen molar-refractivity contribution in [3.8, 4) is 0 Å². The van der Waals surface area contributed by atoms with Crippen LogP contribution in [0, 0.1) is 5.41 Å². The van der Waals surface area contributed by atoms with Crippen molar-refractivity contribution in [1.29, 1.82) is 0 Å². The molecule has 0 aromatic carbocycles. The van der Waals surface area contributed by atoms with Crippen LogP contribution >= 0.6 is 0 Å². The topological polar surface area (TPSA) is 38.5 Å². The second-order valence-corrected chi connectivity index (χ2v) is 6.52. The number of ether oxygens (including phenoxy) is 1. The van der Waals surface area contributed by atoms with E-state index in [4.69, 9.17) is 10.5 Å². The van der Waals surface area contributed by atoms with Crippen molar-refractivity contribution in [2.45, 2.75) is 64.1 Å². The molecule has 0 aromatic rings. The van der Waals surface area contributed by atoms with Gasteiger partial charge in [0.05, 0.1) is 6.10 Å². The summed E-state index contributed by atoms with van der Waals surface area (Å²) in [5.74, 6) is 0. The minimum absolute atomic E-state index is 0.166. The summed E-state index contributed by atoms with van der Waals surface area (Å²) in [7, 11) is 2.26. The van der Waals surface area contributed by atoms with Gasteiger partial charge in [-0.15, -0.1) is 0 Å². The van der Waals surface area contributed by atoms with Crippen molar-refractivity contribution < 1.29 is 4.74 Å². The second kappa shape index (κ2) is 4.52. The van der Waals surface area contributed by atoms with Crippen LogP contribution in [0.15, 0.2) is 0 Å². The molecule has 0 bridgehead atoms. The minimum atomic E-state index is 0.166. The molecule has 3 heteroatoms. The van der Waals surface area contributed by atoms with Gasteiger partial charge in [-0.2, -0.15) is 0 Å². The first-order valence-corrected chi connectivity index (χ1v) is 6.99. The van der Waals surface area contributed by atoms with Crippen LogP contribution in [0.4, 0.5) is 0 Å². The molecule has 0 aromatic heterocycles. The van der Waals surface area contributed by atoms with Crippen LogP contribution in [-0.2, 0) is 4.74 Å². The van der Waals surface area contributed by atoms with E-state index < -0.39 is 0 Å². The summed E-state index contributed by atoms with van der Waals surface area (Å²) in [5.41, 5.74) is 6.66. The van der Waals surface area contributed by atoms with Gasteiger partial charge in [0.15, 0.2) is 0 Å². The van der Waals surface area contributed by atoms with E-state index in [2.05, 4.69) is 32.7 Å². The number of nitrogens with two attached hydrogens (primary N) is 1. The summed E-state index contributed by atoms with van der Waals surface area (Å²) in [6.07, 6.45) is 5.32. The molecule has 2 aliphatic rings. The van der Waals surface area contributed by atoms with Crippen LogP contribution in [0.3, 0.4) is 0 Å². The van der Waals surface area contributed by atoms with Crippen LogP contribution in [-0.4, -0.2) is 42.8 Å². The number of nitrogens with zero attached hydrogens (tertiary/aromatic N) is 1. The Morgan fingerprint density at radius 2 is 2.06 bits per heavy atom. The molecule has 0 amide bonds. The number of likely N-dealkylation sites (N-methyl/N-ethyl adjacent to an activating group) is 1. The molecule has 0 radical (unpaired) electrons. The first-order chi connectivity index (χ1) is 7.94. The highest BCUT2D eigenvalue weighted by Crippen LogP contribution is 2.50. The van der Waals surface area contributed by atoms with E-state index in [1.807, 2.05) is 0 Å². The van der Waals surface area contributed by atoms with E-state index in [0.717, 1.165) is 19.6 Å². The van der Waals surface area contributed by atoms with Crippen LogP contribution in [0.2, 0.25) is 0 Å². The zero-order valence-corrected chi connectivity index (χ0v) is 11.8. The Balaban J connectivity index is 2.23. The Labute approximate surface area is 106 Å². The third-order valence-corrected chi connectivity index (χ3v) is 5.50. The van der Waals surface area contributed by atoms with Crippen LogP contribution in [0.5, 0.6) is 0 Å². The maximum absolute atomic E-state index is 6.18. The third kappa shape index (κ3) is 1.92. The number of hydrogen-bond donors (Lipinski definition) is 1.